The minimum atomic E-state index is -0.383. The van der Waals surface area contributed by atoms with Crippen LogP contribution in [-0.2, 0) is 6.42 Å². The lowest BCUT2D eigenvalue weighted by atomic mass is 10.1. The summed E-state index contributed by atoms with van der Waals surface area (Å²) in [5.74, 6) is 0.429. The van der Waals surface area contributed by atoms with Crippen LogP contribution in [0.4, 0.5) is 0 Å². The van der Waals surface area contributed by atoms with Crippen LogP contribution in [0.1, 0.15) is 18.1 Å². The van der Waals surface area contributed by atoms with E-state index in [2.05, 4.69) is 16.9 Å². The molecular formula is C19H16N4OS. The number of aryl methyl sites for hydroxylation is 1. The highest BCUT2D eigenvalue weighted by atomic mass is 32.2. The monoisotopic (exact) mass is 348 g/mol. The van der Waals surface area contributed by atoms with Crippen LogP contribution in [0.3, 0.4) is 0 Å². The molecule has 0 aliphatic carbocycles. The molecule has 0 unspecified atom stereocenters. The van der Waals surface area contributed by atoms with Crippen LogP contribution >= 0.6 is 11.8 Å². The van der Waals surface area contributed by atoms with Crippen molar-refractivity contribution in [3.05, 3.63) is 70.1 Å². The van der Waals surface area contributed by atoms with E-state index in [-0.39, 0.29) is 11.1 Å². The van der Waals surface area contributed by atoms with Crippen molar-refractivity contribution in [1.29, 1.82) is 5.26 Å². The maximum atomic E-state index is 13.0. The summed E-state index contributed by atoms with van der Waals surface area (Å²) in [6.07, 6.45) is 4.36. The topological polar surface area (TPSA) is 71.6 Å². The van der Waals surface area contributed by atoms with E-state index in [0.29, 0.717) is 22.2 Å². The first-order chi connectivity index (χ1) is 12.2. The van der Waals surface area contributed by atoms with Gasteiger partial charge in [-0.25, -0.2) is 4.98 Å². The second-order valence-corrected chi connectivity index (χ2v) is 6.10. The Labute approximate surface area is 150 Å². The zero-order chi connectivity index (χ0) is 17.8. The Morgan fingerprint density at radius 1 is 1.20 bits per heavy atom. The molecule has 5 nitrogen and oxygen atoms in total. The van der Waals surface area contributed by atoms with Crippen molar-refractivity contribution < 1.29 is 0 Å². The van der Waals surface area contributed by atoms with E-state index in [1.807, 2.05) is 36.4 Å². The molecule has 0 saturated heterocycles. The Morgan fingerprint density at radius 3 is 2.52 bits per heavy atom. The van der Waals surface area contributed by atoms with Crippen LogP contribution in [0.5, 0.6) is 0 Å². The molecule has 3 aromatic rings. The van der Waals surface area contributed by atoms with E-state index in [1.165, 1.54) is 21.9 Å². The molecule has 2 aromatic heterocycles. The average molecular weight is 348 g/mol. The van der Waals surface area contributed by atoms with Crippen molar-refractivity contribution >= 4 is 11.8 Å². The standard InChI is InChI=1S/C19H16N4OS/c1-3-13-7-9-14(10-8-13)23-17(16-6-4-5-11-21-16)22-18(25-2)15(12-20)19(23)24/h4-11H,3H2,1-2H3. The number of hydrogen-bond acceptors (Lipinski definition) is 5. The number of rotatable bonds is 4. The third-order valence-corrected chi connectivity index (χ3v) is 4.53. The van der Waals surface area contributed by atoms with Gasteiger partial charge in [-0.15, -0.1) is 11.8 Å². The van der Waals surface area contributed by atoms with E-state index in [0.717, 1.165) is 6.42 Å². The van der Waals surface area contributed by atoms with Crippen molar-refractivity contribution in [2.75, 3.05) is 6.26 Å². The van der Waals surface area contributed by atoms with Crippen LogP contribution in [-0.4, -0.2) is 20.8 Å². The number of aromatic nitrogens is 3. The zero-order valence-electron chi connectivity index (χ0n) is 13.9. The highest BCUT2D eigenvalue weighted by Gasteiger charge is 2.19. The van der Waals surface area contributed by atoms with Gasteiger partial charge in [0, 0.05) is 6.20 Å². The van der Waals surface area contributed by atoms with Gasteiger partial charge in [0.2, 0.25) is 0 Å². The summed E-state index contributed by atoms with van der Waals surface area (Å²) in [4.78, 5) is 21.9. The van der Waals surface area contributed by atoms with Gasteiger partial charge in [0.05, 0.1) is 5.69 Å². The molecule has 2 heterocycles. The number of thioether (sulfide) groups is 1. The van der Waals surface area contributed by atoms with Crippen LogP contribution in [0.25, 0.3) is 17.2 Å². The first-order valence-electron chi connectivity index (χ1n) is 7.81. The van der Waals surface area contributed by atoms with Crippen molar-refractivity contribution in [2.24, 2.45) is 0 Å². The lowest BCUT2D eigenvalue weighted by Gasteiger charge is -2.14. The molecular weight excluding hydrogens is 332 g/mol. The molecule has 1 aromatic carbocycles. The van der Waals surface area contributed by atoms with E-state index in [9.17, 15) is 10.1 Å². The summed E-state index contributed by atoms with van der Waals surface area (Å²) >= 11 is 1.28. The normalized spacial score (nSPS) is 10.4. The van der Waals surface area contributed by atoms with Crippen LogP contribution < -0.4 is 5.56 Å². The van der Waals surface area contributed by atoms with Gasteiger partial charge < -0.3 is 0 Å². The lowest BCUT2D eigenvalue weighted by molar-refractivity contribution is 0.885. The Hall–Kier alpha value is -2.91. The van der Waals surface area contributed by atoms with Crippen molar-refractivity contribution in [2.45, 2.75) is 18.4 Å². The van der Waals surface area contributed by atoms with E-state index in [4.69, 9.17) is 0 Å². The molecule has 0 spiro atoms. The fraction of sp³-hybridized carbons (Fsp3) is 0.158. The van der Waals surface area contributed by atoms with Crippen LogP contribution in [0.2, 0.25) is 0 Å². The van der Waals surface area contributed by atoms with Crippen LogP contribution in [0.15, 0.2) is 58.5 Å². The SMILES string of the molecule is CCc1ccc(-n2c(-c3ccccn3)nc(SC)c(C#N)c2=O)cc1. The van der Waals surface area contributed by atoms with Crippen LogP contribution in [0, 0.1) is 11.3 Å². The molecule has 0 amide bonds. The molecule has 25 heavy (non-hydrogen) atoms. The minimum absolute atomic E-state index is 0.0479. The molecule has 3 rings (SSSR count). The number of nitriles is 1. The minimum Gasteiger partial charge on any atom is -0.267 e. The molecule has 0 atom stereocenters. The third kappa shape index (κ3) is 3.19. The summed E-state index contributed by atoms with van der Waals surface area (Å²) in [6.45, 7) is 2.07. The number of benzene rings is 1. The Kier molecular flexibility index (Phi) is 4.96. The van der Waals surface area contributed by atoms with E-state index >= 15 is 0 Å². The zero-order valence-corrected chi connectivity index (χ0v) is 14.7. The van der Waals surface area contributed by atoms with Gasteiger partial charge in [0.25, 0.3) is 5.56 Å². The van der Waals surface area contributed by atoms with Crippen molar-refractivity contribution in [3.8, 4) is 23.3 Å². The van der Waals surface area contributed by atoms with Gasteiger partial charge in [-0.1, -0.05) is 25.1 Å². The molecule has 0 saturated carbocycles. The molecule has 124 valence electrons. The van der Waals surface area contributed by atoms with Crippen molar-refractivity contribution in [1.82, 2.24) is 14.5 Å². The Morgan fingerprint density at radius 2 is 1.96 bits per heavy atom. The summed E-state index contributed by atoms with van der Waals surface area (Å²) < 4.78 is 1.46. The fourth-order valence-corrected chi connectivity index (χ4v) is 3.05. The van der Waals surface area contributed by atoms with Gasteiger partial charge in [0.15, 0.2) is 5.82 Å². The first-order valence-corrected chi connectivity index (χ1v) is 9.04. The largest absolute Gasteiger partial charge is 0.277 e. The van der Waals surface area contributed by atoms with E-state index < -0.39 is 0 Å². The number of pyridine rings is 1. The smallest absolute Gasteiger partial charge is 0.267 e. The molecule has 0 aliphatic heterocycles. The number of nitrogens with zero attached hydrogens (tertiary/aromatic N) is 4. The second-order valence-electron chi connectivity index (χ2n) is 5.31. The summed E-state index contributed by atoms with van der Waals surface area (Å²) in [7, 11) is 0. The fourth-order valence-electron chi connectivity index (χ4n) is 2.53. The van der Waals surface area contributed by atoms with Crippen molar-refractivity contribution in [3.63, 3.8) is 0 Å². The van der Waals surface area contributed by atoms with Gasteiger partial charge in [-0.2, -0.15) is 5.26 Å². The van der Waals surface area contributed by atoms with E-state index in [1.54, 1.807) is 24.6 Å². The van der Waals surface area contributed by atoms with Gasteiger partial charge in [-0.05, 0) is 42.5 Å². The maximum Gasteiger partial charge on any atom is 0.277 e. The quantitative estimate of drug-likeness (QED) is 0.533. The maximum absolute atomic E-state index is 13.0. The number of hydrogen-bond donors (Lipinski definition) is 0. The first kappa shape index (κ1) is 16.9. The average Bonchev–Trinajstić information content (AvgIpc) is 2.68. The third-order valence-electron chi connectivity index (χ3n) is 3.85. The lowest BCUT2D eigenvalue weighted by Crippen LogP contribution is -2.25. The van der Waals surface area contributed by atoms with Gasteiger partial charge >= 0.3 is 0 Å². The van der Waals surface area contributed by atoms with Gasteiger partial charge in [-0.3, -0.25) is 14.3 Å². The molecule has 0 bridgehead atoms. The summed E-state index contributed by atoms with van der Waals surface area (Å²) in [5.41, 5.74) is 2.09. The predicted molar refractivity (Wildman–Crippen MR) is 98.9 cm³/mol. The second kappa shape index (κ2) is 7.32. The summed E-state index contributed by atoms with van der Waals surface area (Å²) in [6, 6.07) is 15.1. The highest BCUT2D eigenvalue weighted by molar-refractivity contribution is 7.98. The Balaban J connectivity index is 2.35. The van der Waals surface area contributed by atoms with Gasteiger partial charge in [0.1, 0.15) is 22.4 Å². The summed E-state index contributed by atoms with van der Waals surface area (Å²) in [5, 5.41) is 9.82. The molecule has 0 aliphatic rings. The predicted octanol–water partition coefficient (Wildman–Crippen LogP) is 3.45. The molecule has 0 N–H and O–H groups in total. The molecule has 6 heteroatoms. The molecule has 0 fully saturated rings. The highest BCUT2D eigenvalue weighted by Crippen LogP contribution is 2.23. The molecule has 0 radical (unpaired) electrons. The Bertz CT molecular complexity index is 989.